The maximum atomic E-state index is 11.8. The van der Waals surface area contributed by atoms with Crippen molar-refractivity contribution in [2.45, 2.75) is 49.1 Å². The van der Waals surface area contributed by atoms with Gasteiger partial charge in [0.2, 0.25) is 0 Å². The van der Waals surface area contributed by atoms with Crippen LogP contribution in [0.2, 0.25) is 0 Å². The molecular formula is C21H23N3O2. The van der Waals surface area contributed by atoms with E-state index in [1.807, 2.05) is 12.1 Å². The predicted octanol–water partition coefficient (Wildman–Crippen LogP) is 3.27. The van der Waals surface area contributed by atoms with Gasteiger partial charge in [0.15, 0.2) is 0 Å². The first-order valence-electron chi connectivity index (χ1n) is 9.34. The first kappa shape index (κ1) is 15.9. The standard InChI is InChI=1S/C21H23N3O2/c25-20(26)24-16-11-12-17(24)21(13-16)22-18(14-7-3-1-4-8-14)19(23-21)15-9-5-2-6-10-15/h1-10,16-19,22-23H,11-13H2,(H,25,26). The van der Waals surface area contributed by atoms with Gasteiger partial charge in [-0.3, -0.25) is 15.5 Å². The van der Waals surface area contributed by atoms with Crippen LogP contribution in [0.4, 0.5) is 4.79 Å². The van der Waals surface area contributed by atoms with Crippen LogP contribution in [-0.2, 0) is 0 Å². The summed E-state index contributed by atoms with van der Waals surface area (Å²) >= 11 is 0. The van der Waals surface area contributed by atoms with Gasteiger partial charge in [-0.15, -0.1) is 0 Å². The Morgan fingerprint density at radius 2 is 1.46 bits per heavy atom. The summed E-state index contributed by atoms with van der Waals surface area (Å²) in [6, 6.07) is 21.3. The average Bonchev–Trinajstić information content (AvgIpc) is 3.34. The van der Waals surface area contributed by atoms with Crippen molar-refractivity contribution < 1.29 is 9.90 Å². The number of fused-ring (bicyclic) bond motifs is 3. The summed E-state index contributed by atoms with van der Waals surface area (Å²) in [5, 5.41) is 17.3. The third-order valence-corrected chi connectivity index (χ3v) is 6.33. The Kier molecular flexibility index (Phi) is 3.55. The number of nitrogens with one attached hydrogen (secondary N) is 2. The molecule has 3 aliphatic rings. The fourth-order valence-corrected chi connectivity index (χ4v) is 5.31. The van der Waals surface area contributed by atoms with E-state index >= 15 is 0 Å². The SMILES string of the molecule is O=C(O)N1C2CCC1C1(C2)NC(c2ccccc2)C(c2ccccc2)N1. The Morgan fingerprint density at radius 3 is 1.92 bits per heavy atom. The van der Waals surface area contributed by atoms with Crippen molar-refractivity contribution in [3.05, 3.63) is 71.8 Å². The van der Waals surface area contributed by atoms with Crippen LogP contribution in [0.5, 0.6) is 0 Å². The van der Waals surface area contributed by atoms with E-state index in [2.05, 4.69) is 59.2 Å². The second-order valence-corrected chi connectivity index (χ2v) is 7.68. The first-order chi connectivity index (χ1) is 12.7. The maximum absolute atomic E-state index is 11.8. The lowest BCUT2D eigenvalue weighted by Gasteiger charge is -2.34. The molecule has 5 rings (SSSR count). The van der Waals surface area contributed by atoms with Crippen molar-refractivity contribution in [1.82, 2.24) is 15.5 Å². The highest BCUT2D eigenvalue weighted by Gasteiger charge is 2.62. The Morgan fingerprint density at radius 1 is 0.923 bits per heavy atom. The zero-order chi connectivity index (χ0) is 17.7. The molecule has 1 spiro atoms. The van der Waals surface area contributed by atoms with Crippen LogP contribution < -0.4 is 10.6 Å². The van der Waals surface area contributed by atoms with Gasteiger partial charge in [-0.2, -0.15) is 0 Å². The molecule has 0 saturated carbocycles. The monoisotopic (exact) mass is 349 g/mol. The summed E-state index contributed by atoms with van der Waals surface area (Å²) in [5.41, 5.74) is 2.12. The molecule has 4 unspecified atom stereocenters. The smallest absolute Gasteiger partial charge is 0.407 e. The van der Waals surface area contributed by atoms with E-state index in [1.165, 1.54) is 11.1 Å². The van der Waals surface area contributed by atoms with E-state index in [0.717, 1.165) is 19.3 Å². The van der Waals surface area contributed by atoms with Crippen molar-refractivity contribution in [3.63, 3.8) is 0 Å². The molecule has 2 bridgehead atoms. The van der Waals surface area contributed by atoms with Gasteiger partial charge in [0.25, 0.3) is 0 Å². The molecule has 5 heteroatoms. The van der Waals surface area contributed by atoms with E-state index in [4.69, 9.17) is 0 Å². The summed E-state index contributed by atoms with van der Waals surface area (Å²) in [7, 11) is 0. The summed E-state index contributed by atoms with van der Waals surface area (Å²) in [6.07, 6.45) is 1.92. The minimum atomic E-state index is -0.794. The third kappa shape index (κ3) is 2.27. The van der Waals surface area contributed by atoms with Gasteiger partial charge in [0, 0.05) is 12.5 Å². The largest absolute Gasteiger partial charge is 0.465 e. The maximum Gasteiger partial charge on any atom is 0.407 e. The molecule has 5 nitrogen and oxygen atoms in total. The molecule has 3 saturated heterocycles. The molecule has 26 heavy (non-hydrogen) atoms. The molecule has 0 aliphatic carbocycles. The zero-order valence-corrected chi connectivity index (χ0v) is 14.5. The lowest BCUT2D eigenvalue weighted by atomic mass is 9.89. The van der Waals surface area contributed by atoms with Gasteiger partial charge in [0.1, 0.15) is 0 Å². The molecule has 3 aliphatic heterocycles. The fourth-order valence-electron chi connectivity index (χ4n) is 5.31. The quantitative estimate of drug-likeness (QED) is 0.779. The zero-order valence-electron chi connectivity index (χ0n) is 14.5. The second kappa shape index (κ2) is 5.83. The van der Waals surface area contributed by atoms with Crippen LogP contribution in [0.15, 0.2) is 60.7 Å². The Labute approximate surface area is 153 Å². The topological polar surface area (TPSA) is 64.6 Å². The lowest BCUT2D eigenvalue weighted by Crippen LogP contribution is -2.58. The molecule has 3 fully saturated rings. The minimum absolute atomic E-state index is 0.00933. The van der Waals surface area contributed by atoms with Crippen molar-refractivity contribution in [3.8, 4) is 0 Å². The van der Waals surface area contributed by atoms with Crippen LogP contribution in [0.25, 0.3) is 0 Å². The minimum Gasteiger partial charge on any atom is -0.465 e. The van der Waals surface area contributed by atoms with Crippen molar-refractivity contribution in [1.29, 1.82) is 0 Å². The number of nitrogens with zero attached hydrogens (tertiary/aromatic N) is 1. The number of carbonyl (C=O) groups is 1. The predicted molar refractivity (Wildman–Crippen MR) is 98.7 cm³/mol. The fraction of sp³-hybridized carbons (Fsp3) is 0.381. The van der Waals surface area contributed by atoms with E-state index < -0.39 is 6.09 Å². The molecule has 3 heterocycles. The number of rotatable bonds is 2. The van der Waals surface area contributed by atoms with Gasteiger partial charge in [-0.1, -0.05) is 60.7 Å². The van der Waals surface area contributed by atoms with E-state index in [9.17, 15) is 9.90 Å². The molecule has 0 radical (unpaired) electrons. The molecule has 2 aromatic carbocycles. The van der Waals surface area contributed by atoms with Gasteiger partial charge < -0.3 is 5.11 Å². The highest BCUT2D eigenvalue weighted by molar-refractivity contribution is 5.67. The lowest BCUT2D eigenvalue weighted by molar-refractivity contribution is 0.128. The van der Waals surface area contributed by atoms with E-state index in [0.29, 0.717) is 0 Å². The normalized spacial score (nSPS) is 35.3. The van der Waals surface area contributed by atoms with Gasteiger partial charge >= 0.3 is 6.09 Å². The number of amides is 1. The van der Waals surface area contributed by atoms with Crippen LogP contribution in [0.3, 0.4) is 0 Å². The van der Waals surface area contributed by atoms with Crippen molar-refractivity contribution >= 4 is 6.09 Å². The molecule has 3 N–H and O–H groups in total. The van der Waals surface area contributed by atoms with E-state index in [-0.39, 0.29) is 29.8 Å². The summed E-state index contributed by atoms with van der Waals surface area (Å²) in [6.45, 7) is 0. The van der Waals surface area contributed by atoms with Crippen molar-refractivity contribution in [2.75, 3.05) is 0 Å². The molecular weight excluding hydrogens is 326 g/mol. The van der Waals surface area contributed by atoms with Crippen molar-refractivity contribution in [2.24, 2.45) is 0 Å². The van der Waals surface area contributed by atoms with Crippen LogP contribution in [-0.4, -0.2) is 33.8 Å². The second-order valence-electron chi connectivity index (χ2n) is 7.68. The number of hydrogen-bond acceptors (Lipinski definition) is 3. The molecule has 134 valence electrons. The van der Waals surface area contributed by atoms with Crippen LogP contribution in [0.1, 0.15) is 42.5 Å². The number of hydrogen-bond donors (Lipinski definition) is 3. The Bertz CT molecular complexity index is 763. The highest BCUT2D eigenvalue weighted by Crippen LogP contribution is 2.49. The molecule has 4 atom stereocenters. The molecule has 0 aromatic heterocycles. The Hall–Kier alpha value is -2.37. The van der Waals surface area contributed by atoms with Gasteiger partial charge in [-0.05, 0) is 24.0 Å². The summed E-state index contributed by atoms with van der Waals surface area (Å²) < 4.78 is 0. The van der Waals surface area contributed by atoms with Crippen LogP contribution >= 0.6 is 0 Å². The summed E-state index contributed by atoms with van der Waals surface area (Å²) in [4.78, 5) is 13.5. The van der Waals surface area contributed by atoms with Crippen LogP contribution in [0, 0.1) is 0 Å². The number of carboxylic acid groups (broad SMARTS) is 1. The highest BCUT2D eigenvalue weighted by atomic mass is 16.4. The Balaban J connectivity index is 1.54. The first-order valence-corrected chi connectivity index (χ1v) is 9.34. The van der Waals surface area contributed by atoms with E-state index in [1.54, 1.807) is 4.90 Å². The van der Waals surface area contributed by atoms with Gasteiger partial charge in [0.05, 0.1) is 23.8 Å². The number of benzene rings is 2. The molecule has 1 amide bonds. The van der Waals surface area contributed by atoms with Gasteiger partial charge in [-0.25, -0.2) is 4.79 Å². The molecule has 2 aromatic rings. The third-order valence-electron chi connectivity index (χ3n) is 6.33. The summed E-state index contributed by atoms with van der Waals surface area (Å²) in [5.74, 6) is 0. The average molecular weight is 349 g/mol.